The number of rotatable bonds is 2. The fourth-order valence-corrected chi connectivity index (χ4v) is 2.56. The molecule has 0 aliphatic heterocycles. The van der Waals surface area contributed by atoms with E-state index in [2.05, 4.69) is 86.4 Å². The zero-order chi connectivity index (χ0) is 14.1. The van der Waals surface area contributed by atoms with Gasteiger partial charge in [-0.25, -0.2) is 0 Å². The van der Waals surface area contributed by atoms with Gasteiger partial charge in [-0.2, -0.15) is 0 Å². The lowest BCUT2D eigenvalue weighted by Crippen LogP contribution is -1.87. The van der Waals surface area contributed by atoms with Crippen LogP contribution in [0.15, 0.2) is 60.9 Å². The molecule has 100 valence electrons. The maximum Gasteiger partial charge on any atom is 0.0111 e. The molecule has 0 aliphatic rings. The van der Waals surface area contributed by atoms with Gasteiger partial charge in [-0.3, -0.25) is 0 Å². The highest BCUT2D eigenvalue weighted by molar-refractivity contribution is 5.83. The Hall–Kier alpha value is -2.28. The molecule has 0 spiro atoms. The van der Waals surface area contributed by atoms with Gasteiger partial charge in [-0.1, -0.05) is 42.5 Å². The summed E-state index contributed by atoms with van der Waals surface area (Å²) in [5.41, 5.74) is 7.81. The maximum atomic E-state index is 2.27. The predicted molar refractivity (Wildman–Crippen MR) is 85.8 cm³/mol. The molecule has 0 amide bonds. The van der Waals surface area contributed by atoms with E-state index in [0.717, 1.165) is 0 Å². The second-order valence-corrected chi connectivity index (χ2v) is 5.41. The van der Waals surface area contributed by atoms with Gasteiger partial charge < -0.3 is 4.57 Å². The first-order valence-corrected chi connectivity index (χ1v) is 6.94. The van der Waals surface area contributed by atoms with Crippen molar-refractivity contribution in [2.45, 2.75) is 13.8 Å². The smallest absolute Gasteiger partial charge is 0.0111 e. The summed E-state index contributed by atoms with van der Waals surface area (Å²) in [5, 5.41) is 0. The molecular weight excluding hydrogens is 242 g/mol. The molecule has 0 radical (unpaired) electrons. The topological polar surface area (TPSA) is 4.93 Å². The molecule has 0 aliphatic carbocycles. The number of hydrogen-bond donors (Lipinski definition) is 0. The highest BCUT2D eigenvalue weighted by Crippen LogP contribution is 2.32. The van der Waals surface area contributed by atoms with E-state index in [0.29, 0.717) is 0 Å². The molecule has 0 saturated heterocycles. The lowest BCUT2D eigenvalue weighted by atomic mass is 9.94. The van der Waals surface area contributed by atoms with Crippen molar-refractivity contribution < 1.29 is 0 Å². The Balaban J connectivity index is 2.16. The van der Waals surface area contributed by atoms with Crippen LogP contribution < -0.4 is 0 Å². The summed E-state index contributed by atoms with van der Waals surface area (Å²) in [5.74, 6) is 0. The van der Waals surface area contributed by atoms with Crippen LogP contribution in [-0.2, 0) is 7.05 Å². The Labute approximate surface area is 120 Å². The molecule has 2 aromatic carbocycles. The van der Waals surface area contributed by atoms with Crippen LogP contribution in [0.5, 0.6) is 0 Å². The molecule has 1 heterocycles. The van der Waals surface area contributed by atoms with E-state index in [9.17, 15) is 0 Å². The van der Waals surface area contributed by atoms with Gasteiger partial charge in [0.1, 0.15) is 0 Å². The SMILES string of the molecule is Cc1ccc(-c2ccccc2-c2ccn(C)c2)cc1C. The largest absolute Gasteiger partial charge is 0.357 e. The summed E-state index contributed by atoms with van der Waals surface area (Å²) in [6, 6.07) is 17.5. The molecule has 0 bridgehead atoms. The Morgan fingerprint density at radius 1 is 0.750 bits per heavy atom. The lowest BCUT2D eigenvalue weighted by molar-refractivity contribution is 0.928. The summed E-state index contributed by atoms with van der Waals surface area (Å²) < 4.78 is 2.09. The summed E-state index contributed by atoms with van der Waals surface area (Å²) in [7, 11) is 2.06. The van der Waals surface area contributed by atoms with Crippen LogP contribution in [0.25, 0.3) is 22.3 Å². The van der Waals surface area contributed by atoms with E-state index in [-0.39, 0.29) is 0 Å². The van der Waals surface area contributed by atoms with Gasteiger partial charge in [0, 0.05) is 19.4 Å². The summed E-state index contributed by atoms with van der Waals surface area (Å²) in [6.07, 6.45) is 4.26. The average molecular weight is 261 g/mol. The van der Waals surface area contributed by atoms with Gasteiger partial charge in [0.25, 0.3) is 0 Å². The molecule has 0 unspecified atom stereocenters. The Morgan fingerprint density at radius 2 is 1.45 bits per heavy atom. The molecule has 1 nitrogen and oxygen atoms in total. The number of aromatic nitrogens is 1. The zero-order valence-corrected chi connectivity index (χ0v) is 12.2. The molecule has 0 fully saturated rings. The van der Waals surface area contributed by atoms with Gasteiger partial charge in [-0.15, -0.1) is 0 Å². The number of aryl methyl sites for hydroxylation is 3. The summed E-state index contributed by atoms with van der Waals surface area (Å²) in [6.45, 7) is 4.33. The highest BCUT2D eigenvalue weighted by Gasteiger charge is 2.08. The third-order valence-electron chi connectivity index (χ3n) is 3.89. The average Bonchev–Trinajstić information content (AvgIpc) is 2.88. The van der Waals surface area contributed by atoms with E-state index in [4.69, 9.17) is 0 Å². The van der Waals surface area contributed by atoms with Crippen LogP contribution in [-0.4, -0.2) is 4.57 Å². The zero-order valence-electron chi connectivity index (χ0n) is 12.2. The normalized spacial score (nSPS) is 10.8. The number of nitrogens with zero attached hydrogens (tertiary/aromatic N) is 1. The first-order chi connectivity index (χ1) is 9.65. The van der Waals surface area contributed by atoms with Crippen LogP contribution in [0, 0.1) is 13.8 Å². The van der Waals surface area contributed by atoms with Crippen LogP contribution in [0.3, 0.4) is 0 Å². The fraction of sp³-hybridized carbons (Fsp3) is 0.158. The predicted octanol–water partition coefficient (Wildman–Crippen LogP) is 4.98. The molecule has 3 aromatic rings. The summed E-state index contributed by atoms with van der Waals surface area (Å²) in [4.78, 5) is 0. The Bertz CT molecular complexity index is 750. The fourth-order valence-electron chi connectivity index (χ4n) is 2.56. The minimum Gasteiger partial charge on any atom is -0.357 e. The standard InChI is InChI=1S/C19H19N/c1-14-8-9-16(12-15(14)2)18-6-4-5-7-19(18)17-10-11-20(3)13-17/h4-13H,1-3H3. The summed E-state index contributed by atoms with van der Waals surface area (Å²) >= 11 is 0. The van der Waals surface area contributed by atoms with Crippen LogP contribution >= 0.6 is 0 Å². The van der Waals surface area contributed by atoms with Crippen molar-refractivity contribution in [3.63, 3.8) is 0 Å². The molecule has 0 atom stereocenters. The quantitative estimate of drug-likeness (QED) is 0.613. The third kappa shape index (κ3) is 2.27. The number of hydrogen-bond acceptors (Lipinski definition) is 0. The Kier molecular flexibility index (Phi) is 3.19. The molecule has 3 rings (SSSR count). The van der Waals surface area contributed by atoms with Gasteiger partial charge >= 0.3 is 0 Å². The van der Waals surface area contributed by atoms with Crippen molar-refractivity contribution in [1.82, 2.24) is 4.57 Å². The molecule has 0 saturated carbocycles. The Morgan fingerprint density at radius 3 is 2.05 bits per heavy atom. The van der Waals surface area contributed by atoms with Crippen molar-refractivity contribution in [2.75, 3.05) is 0 Å². The maximum absolute atomic E-state index is 2.27. The molecule has 1 heteroatoms. The second kappa shape index (κ2) is 5.01. The van der Waals surface area contributed by atoms with Crippen molar-refractivity contribution in [3.05, 3.63) is 72.1 Å². The van der Waals surface area contributed by atoms with E-state index >= 15 is 0 Å². The van der Waals surface area contributed by atoms with Gasteiger partial charge in [0.15, 0.2) is 0 Å². The molecule has 1 aromatic heterocycles. The van der Waals surface area contributed by atoms with Crippen LogP contribution in [0.4, 0.5) is 0 Å². The van der Waals surface area contributed by atoms with Crippen molar-refractivity contribution in [1.29, 1.82) is 0 Å². The van der Waals surface area contributed by atoms with E-state index < -0.39 is 0 Å². The molecule has 0 N–H and O–H groups in total. The molecular formula is C19H19N. The minimum atomic E-state index is 1.27. The molecule has 20 heavy (non-hydrogen) atoms. The third-order valence-corrected chi connectivity index (χ3v) is 3.89. The second-order valence-electron chi connectivity index (χ2n) is 5.41. The first kappa shape index (κ1) is 12.7. The van der Waals surface area contributed by atoms with Crippen molar-refractivity contribution in [3.8, 4) is 22.3 Å². The van der Waals surface area contributed by atoms with Gasteiger partial charge in [0.2, 0.25) is 0 Å². The number of benzene rings is 2. The van der Waals surface area contributed by atoms with E-state index in [1.165, 1.54) is 33.4 Å². The van der Waals surface area contributed by atoms with Gasteiger partial charge in [-0.05, 0) is 53.3 Å². The monoisotopic (exact) mass is 261 g/mol. The minimum absolute atomic E-state index is 1.27. The first-order valence-electron chi connectivity index (χ1n) is 6.94. The highest BCUT2D eigenvalue weighted by atomic mass is 14.9. The van der Waals surface area contributed by atoms with Crippen LogP contribution in [0.1, 0.15) is 11.1 Å². The van der Waals surface area contributed by atoms with E-state index in [1.54, 1.807) is 0 Å². The lowest BCUT2D eigenvalue weighted by Gasteiger charge is -2.10. The van der Waals surface area contributed by atoms with Crippen LogP contribution in [0.2, 0.25) is 0 Å². The van der Waals surface area contributed by atoms with Crippen molar-refractivity contribution in [2.24, 2.45) is 7.05 Å². The van der Waals surface area contributed by atoms with Gasteiger partial charge in [0.05, 0.1) is 0 Å². The van der Waals surface area contributed by atoms with Crippen molar-refractivity contribution >= 4 is 0 Å². The van der Waals surface area contributed by atoms with E-state index in [1.807, 2.05) is 0 Å².